The van der Waals surface area contributed by atoms with Crippen LogP contribution in [0.4, 0.5) is 10.1 Å². The van der Waals surface area contributed by atoms with E-state index in [1.54, 1.807) is 6.07 Å². The highest BCUT2D eigenvalue weighted by Gasteiger charge is 2.34. The number of benzene rings is 1. The summed E-state index contributed by atoms with van der Waals surface area (Å²) < 4.78 is 14.3. The summed E-state index contributed by atoms with van der Waals surface area (Å²) in [5.74, 6) is -0.0786. The Morgan fingerprint density at radius 3 is 2.79 bits per heavy atom. The predicted molar refractivity (Wildman–Crippen MR) is 76.9 cm³/mol. The molecule has 3 heteroatoms. The summed E-state index contributed by atoms with van der Waals surface area (Å²) in [5.41, 5.74) is 1.98. The van der Waals surface area contributed by atoms with Crippen molar-refractivity contribution in [2.24, 2.45) is 0 Å². The van der Waals surface area contributed by atoms with E-state index in [2.05, 4.69) is 30.1 Å². The maximum absolute atomic E-state index is 14.3. The van der Waals surface area contributed by atoms with Gasteiger partial charge in [0.25, 0.3) is 0 Å². The average Bonchev–Trinajstić information content (AvgIpc) is 3.11. The van der Waals surface area contributed by atoms with E-state index in [-0.39, 0.29) is 11.4 Å². The predicted octanol–water partition coefficient (Wildman–Crippen LogP) is 3.46. The van der Waals surface area contributed by atoms with Gasteiger partial charge in [-0.3, -0.25) is 0 Å². The van der Waals surface area contributed by atoms with Crippen molar-refractivity contribution in [1.29, 1.82) is 0 Å². The molecule has 2 nitrogen and oxygen atoms in total. The molecule has 0 amide bonds. The number of rotatable bonds is 4. The molecule has 1 saturated heterocycles. The zero-order valence-electron chi connectivity index (χ0n) is 11.9. The number of halogens is 1. The molecule has 0 spiro atoms. The molecule has 1 heterocycles. The van der Waals surface area contributed by atoms with Crippen LogP contribution in [0.25, 0.3) is 0 Å². The van der Waals surface area contributed by atoms with Crippen molar-refractivity contribution >= 4 is 5.69 Å². The van der Waals surface area contributed by atoms with E-state index < -0.39 is 0 Å². The molecule has 0 radical (unpaired) electrons. The van der Waals surface area contributed by atoms with Crippen LogP contribution < -0.4 is 10.2 Å². The van der Waals surface area contributed by atoms with Crippen LogP contribution in [0.2, 0.25) is 0 Å². The Balaban J connectivity index is 1.89. The molecule has 19 heavy (non-hydrogen) atoms. The van der Waals surface area contributed by atoms with Gasteiger partial charge < -0.3 is 10.2 Å². The number of para-hydroxylation sites is 1. The fourth-order valence-electron chi connectivity index (χ4n) is 3.07. The van der Waals surface area contributed by atoms with Gasteiger partial charge in [-0.25, -0.2) is 4.39 Å². The van der Waals surface area contributed by atoms with E-state index in [4.69, 9.17) is 0 Å². The molecule has 2 aliphatic rings. The Bertz CT molecular complexity index is 466. The third-order valence-electron chi connectivity index (χ3n) is 4.40. The Morgan fingerprint density at radius 2 is 2.16 bits per heavy atom. The standard InChI is InChI=1S/C16H23FN2/c1-16(2)9-4-10-19(16)15-12(5-3-6-14(15)17)11-18-13-7-8-13/h3,5-6,13,18H,4,7-11H2,1-2H3. The van der Waals surface area contributed by atoms with Crippen LogP contribution in [0.1, 0.15) is 45.1 Å². The van der Waals surface area contributed by atoms with Gasteiger partial charge in [-0.2, -0.15) is 0 Å². The van der Waals surface area contributed by atoms with Crippen LogP contribution in [0, 0.1) is 5.82 Å². The first kappa shape index (κ1) is 12.9. The summed E-state index contributed by atoms with van der Waals surface area (Å²) in [4.78, 5) is 2.26. The van der Waals surface area contributed by atoms with Crippen LogP contribution in [0.3, 0.4) is 0 Å². The van der Waals surface area contributed by atoms with Crippen molar-refractivity contribution in [1.82, 2.24) is 5.32 Å². The van der Waals surface area contributed by atoms with E-state index in [0.717, 1.165) is 37.2 Å². The highest BCUT2D eigenvalue weighted by molar-refractivity contribution is 5.57. The minimum absolute atomic E-state index is 0.0660. The fourth-order valence-corrected chi connectivity index (χ4v) is 3.07. The Morgan fingerprint density at radius 1 is 1.37 bits per heavy atom. The van der Waals surface area contributed by atoms with Gasteiger partial charge in [0.05, 0.1) is 5.69 Å². The highest BCUT2D eigenvalue weighted by Crippen LogP contribution is 2.37. The molecule has 2 fully saturated rings. The number of hydrogen-bond donors (Lipinski definition) is 1. The SMILES string of the molecule is CC1(C)CCCN1c1c(F)cccc1CNC1CC1. The Labute approximate surface area is 115 Å². The quantitative estimate of drug-likeness (QED) is 0.894. The molecule has 0 bridgehead atoms. The lowest BCUT2D eigenvalue weighted by atomic mass is 10.0. The van der Waals surface area contributed by atoms with E-state index in [1.807, 2.05) is 6.07 Å². The first-order valence-electron chi connectivity index (χ1n) is 7.36. The lowest BCUT2D eigenvalue weighted by Gasteiger charge is -2.35. The van der Waals surface area contributed by atoms with Crippen molar-refractivity contribution in [3.05, 3.63) is 29.6 Å². The molecule has 0 atom stereocenters. The Kier molecular flexibility index (Phi) is 3.25. The summed E-state index contributed by atoms with van der Waals surface area (Å²) in [6, 6.07) is 6.13. The molecule has 104 valence electrons. The minimum Gasteiger partial charge on any atom is -0.364 e. The first-order valence-corrected chi connectivity index (χ1v) is 7.36. The third-order valence-corrected chi connectivity index (χ3v) is 4.40. The number of nitrogens with zero attached hydrogens (tertiary/aromatic N) is 1. The van der Waals surface area contributed by atoms with Crippen LogP contribution in [-0.4, -0.2) is 18.1 Å². The van der Waals surface area contributed by atoms with E-state index in [0.29, 0.717) is 6.04 Å². The summed E-state index contributed by atoms with van der Waals surface area (Å²) in [6.07, 6.45) is 4.81. The molecule has 1 aliphatic heterocycles. The largest absolute Gasteiger partial charge is 0.364 e. The van der Waals surface area contributed by atoms with E-state index in [1.165, 1.54) is 12.8 Å². The number of hydrogen-bond acceptors (Lipinski definition) is 2. The van der Waals surface area contributed by atoms with Crippen LogP contribution in [0.15, 0.2) is 18.2 Å². The van der Waals surface area contributed by atoms with Gasteiger partial charge in [0, 0.05) is 24.7 Å². The van der Waals surface area contributed by atoms with Gasteiger partial charge in [0.15, 0.2) is 0 Å². The van der Waals surface area contributed by atoms with Crippen molar-refractivity contribution in [3.8, 4) is 0 Å². The van der Waals surface area contributed by atoms with E-state index >= 15 is 0 Å². The Hall–Kier alpha value is -1.09. The monoisotopic (exact) mass is 262 g/mol. The maximum Gasteiger partial charge on any atom is 0.146 e. The third kappa shape index (κ3) is 2.62. The molecule has 3 rings (SSSR count). The lowest BCUT2D eigenvalue weighted by Crippen LogP contribution is -2.39. The van der Waals surface area contributed by atoms with Gasteiger partial charge in [-0.15, -0.1) is 0 Å². The normalized spacial score (nSPS) is 21.9. The molecular formula is C16H23FN2. The van der Waals surface area contributed by atoms with Gasteiger partial charge in [-0.1, -0.05) is 12.1 Å². The smallest absolute Gasteiger partial charge is 0.146 e. The average molecular weight is 262 g/mol. The lowest BCUT2D eigenvalue weighted by molar-refractivity contribution is 0.503. The molecule has 1 aromatic rings. The van der Waals surface area contributed by atoms with Gasteiger partial charge >= 0.3 is 0 Å². The molecular weight excluding hydrogens is 239 g/mol. The minimum atomic E-state index is -0.0786. The fraction of sp³-hybridized carbons (Fsp3) is 0.625. The van der Waals surface area contributed by atoms with Gasteiger partial charge in [-0.05, 0) is 51.2 Å². The maximum atomic E-state index is 14.3. The van der Waals surface area contributed by atoms with Gasteiger partial charge in [0.2, 0.25) is 0 Å². The second-order valence-corrected chi connectivity index (χ2v) is 6.47. The number of anilines is 1. The van der Waals surface area contributed by atoms with Crippen molar-refractivity contribution in [2.45, 2.75) is 57.7 Å². The van der Waals surface area contributed by atoms with E-state index in [9.17, 15) is 4.39 Å². The number of nitrogens with one attached hydrogen (secondary N) is 1. The molecule has 1 aromatic carbocycles. The zero-order valence-corrected chi connectivity index (χ0v) is 11.9. The van der Waals surface area contributed by atoms with Crippen LogP contribution in [0.5, 0.6) is 0 Å². The summed E-state index contributed by atoms with van der Waals surface area (Å²) in [7, 11) is 0. The van der Waals surface area contributed by atoms with Crippen LogP contribution in [-0.2, 0) is 6.54 Å². The second kappa shape index (κ2) is 4.78. The summed E-state index contributed by atoms with van der Waals surface area (Å²) in [6.45, 7) is 6.17. The molecule has 1 N–H and O–H groups in total. The second-order valence-electron chi connectivity index (χ2n) is 6.47. The van der Waals surface area contributed by atoms with Gasteiger partial charge in [0.1, 0.15) is 5.82 Å². The summed E-state index contributed by atoms with van der Waals surface area (Å²) in [5, 5.41) is 3.50. The molecule has 1 aliphatic carbocycles. The topological polar surface area (TPSA) is 15.3 Å². The molecule has 0 aromatic heterocycles. The van der Waals surface area contributed by atoms with Crippen molar-refractivity contribution in [2.75, 3.05) is 11.4 Å². The van der Waals surface area contributed by atoms with Crippen molar-refractivity contribution in [3.63, 3.8) is 0 Å². The first-order chi connectivity index (χ1) is 9.08. The highest BCUT2D eigenvalue weighted by atomic mass is 19.1. The van der Waals surface area contributed by atoms with Crippen LogP contribution >= 0.6 is 0 Å². The zero-order chi connectivity index (χ0) is 13.5. The summed E-state index contributed by atoms with van der Waals surface area (Å²) >= 11 is 0. The molecule has 0 unspecified atom stereocenters. The molecule has 1 saturated carbocycles. The van der Waals surface area contributed by atoms with Crippen molar-refractivity contribution < 1.29 is 4.39 Å².